The fourth-order valence-corrected chi connectivity index (χ4v) is 2.66. The number of nitrogens with two attached hydrogens (primary N) is 1. The van der Waals surface area contributed by atoms with Crippen molar-refractivity contribution in [2.45, 2.75) is 45.3 Å². The number of nitrogens with one attached hydrogen (secondary N) is 1. The first-order valence-corrected chi connectivity index (χ1v) is 8.89. The maximum Gasteiger partial charge on any atom is 0.278 e. The van der Waals surface area contributed by atoms with E-state index in [0.717, 1.165) is 25.1 Å². The number of aryl methyl sites for hydroxylation is 1. The molecule has 4 nitrogen and oxygen atoms in total. The van der Waals surface area contributed by atoms with Crippen LogP contribution in [0.5, 0.6) is 5.75 Å². The van der Waals surface area contributed by atoms with E-state index in [1.165, 1.54) is 11.1 Å². The summed E-state index contributed by atoms with van der Waals surface area (Å²) in [5.74, 6) is 0.941. The van der Waals surface area contributed by atoms with Gasteiger partial charge in [0, 0.05) is 11.6 Å². The number of hydrogen-bond donors (Lipinski definition) is 2. The Morgan fingerprint density at radius 1 is 1.04 bits per heavy atom. The molecular weight excluding hydrogens is 312 g/mol. The molecule has 0 saturated carbocycles. The van der Waals surface area contributed by atoms with E-state index in [0.29, 0.717) is 0 Å². The highest BCUT2D eigenvalue weighted by Gasteiger charge is 2.17. The molecule has 0 aliphatic rings. The standard InChI is InChI=1S/C21H28N2O2/c1-16(9-10-18-7-5-4-6-8-18)23-21(24)17(2)22-15-19-11-13-20(25-3)14-12-19/h4-8,11-14,16-17,22H,9-10,15H2,1-3H3,(H,23,24)/p+1/t16-,17+/m1/s1. The first kappa shape index (κ1) is 19.0. The van der Waals surface area contributed by atoms with Crippen LogP contribution in [0.25, 0.3) is 0 Å². The van der Waals surface area contributed by atoms with Gasteiger partial charge in [0.1, 0.15) is 12.3 Å². The third kappa shape index (κ3) is 6.59. The van der Waals surface area contributed by atoms with Crippen LogP contribution in [0.1, 0.15) is 31.4 Å². The Labute approximate surface area is 150 Å². The van der Waals surface area contributed by atoms with E-state index in [-0.39, 0.29) is 18.0 Å². The van der Waals surface area contributed by atoms with Crippen molar-refractivity contribution in [3.05, 3.63) is 65.7 Å². The quantitative estimate of drug-likeness (QED) is 0.735. The lowest BCUT2D eigenvalue weighted by atomic mass is 10.1. The molecular formula is C21H29N2O2+. The normalized spacial score (nSPS) is 13.1. The van der Waals surface area contributed by atoms with E-state index < -0.39 is 0 Å². The maximum atomic E-state index is 12.3. The largest absolute Gasteiger partial charge is 0.497 e. The SMILES string of the molecule is COc1ccc(C[NH2+][C@@H](C)C(=O)N[C@H](C)CCc2ccccc2)cc1. The average molecular weight is 341 g/mol. The zero-order chi connectivity index (χ0) is 18.1. The van der Waals surface area contributed by atoms with Crippen molar-refractivity contribution >= 4 is 5.91 Å². The van der Waals surface area contributed by atoms with Crippen LogP contribution in [0, 0.1) is 0 Å². The van der Waals surface area contributed by atoms with E-state index in [9.17, 15) is 4.79 Å². The second kappa shape index (κ2) is 9.84. The second-order valence-electron chi connectivity index (χ2n) is 6.51. The first-order valence-electron chi connectivity index (χ1n) is 8.89. The third-order valence-electron chi connectivity index (χ3n) is 4.38. The molecule has 4 heteroatoms. The second-order valence-corrected chi connectivity index (χ2v) is 6.51. The van der Waals surface area contributed by atoms with Gasteiger partial charge in [0.2, 0.25) is 0 Å². The van der Waals surface area contributed by atoms with Crippen molar-refractivity contribution in [3.8, 4) is 5.75 Å². The Morgan fingerprint density at radius 2 is 1.72 bits per heavy atom. The highest BCUT2D eigenvalue weighted by Crippen LogP contribution is 2.10. The lowest BCUT2D eigenvalue weighted by molar-refractivity contribution is -0.689. The molecule has 0 spiro atoms. The zero-order valence-corrected chi connectivity index (χ0v) is 15.4. The Bertz CT molecular complexity index is 641. The predicted molar refractivity (Wildman–Crippen MR) is 100 cm³/mol. The van der Waals surface area contributed by atoms with Crippen molar-refractivity contribution in [1.29, 1.82) is 0 Å². The summed E-state index contributed by atoms with van der Waals surface area (Å²) < 4.78 is 5.16. The summed E-state index contributed by atoms with van der Waals surface area (Å²) >= 11 is 0. The molecule has 0 radical (unpaired) electrons. The van der Waals surface area contributed by atoms with E-state index in [2.05, 4.69) is 41.8 Å². The molecule has 2 aromatic rings. The number of carbonyl (C=O) groups excluding carboxylic acids is 1. The third-order valence-corrected chi connectivity index (χ3v) is 4.38. The molecule has 2 atom stereocenters. The summed E-state index contributed by atoms with van der Waals surface area (Å²) in [7, 11) is 1.66. The topological polar surface area (TPSA) is 54.9 Å². The molecule has 0 bridgehead atoms. The molecule has 2 rings (SSSR count). The monoisotopic (exact) mass is 341 g/mol. The summed E-state index contributed by atoms with van der Waals surface area (Å²) in [6, 6.07) is 18.4. The fourth-order valence-electron chi connectivity index (χ4n) is 2.66. The van der Waals surface area contributed by atoms with Crippen molar-refractivity contribution in [2.75, 3.05) is 7.11 Å². The Hall–Kier alpha value is -2.33. The van der Waals surface area contributed by atoms with Gasteiger partial charge in [-0.05, 0) is 56.5 Å². The Morgan fingerprint density at radius 3 is 2.36 bits per heavy atom. The molecule has 0 unspecified atom stereocenters. The number of benzene rings is 2. The lowest BCUT2D eigenvalue weighted by Gasteiger charge is -2.17. The van der Waals surface area contributed by atoms with Crippen LogP contribution in [0.4, 0.5) is 0 Å². The van der Waals surface area contributed by atoms with Gasteiger partial charge in [0.15, 0.2) is 6.04 Å². The van der Waals surface area contributed by atoms with Crippen LogP contribution < -0.4 is 15.4 Å². The minimum absolute atomic E-state index is 0.0917. The molecule has 0 aromatic heterocycles. The number of quaternary nitrogens is 1. The Kier molecular flexibility index (Phi) is 7.48. The molecule has 3 N–H and O–H groups in total. The van der Waals surface area contributed by atoms with Crippen LogP contribution in [0.15, 0.2) is 54.6 Å². The summed E-state index contributed by atoms with van der Waals surface area (Å²) in [4.78, 5) is 12.3. The molecule has 0 saturated heterocycles. The van der Waals surface area contributed by atoms with Crippen LogP contribution in [0.2, 0.25) is 0 Å². The predicted octanol–water partition coefficient (Wildman–Crippen LogP) is 2.28. The molecule has 1 amide bonds. The zero-order valence-electron chi connectivity index (χ0n) is 15.4. The van der Waals surface area contributed by atoms with Gasteiger partial charge in [-0.3, -0.25) is 4.79 Å². The summed E-state index contributed by atoms with van der Waals surface area (Å²) in [5, 5.41) is 5.17. The number of rotatable bonds is 9. The van der Waals surface area contributed by atoms with Crippen molar-refractivity contribution in [3.63, 3.8) is 0 Å². The molecule has 134 valence electrons. The van der Waals surface area contributed by atoms with Crippen molar-refractivity contribution in [1.82, 2.24) is 5.32 Å². The number of carbonyl (C=O) groups is 1. The smallest absolute Gasteiger partial charge is 0.278 e. The van der Waals surface area contributed by atoms with E-state index >= 15 is 0 Å². The minimum Gasteiger partial charge on any atom is -0.497 e. The fraction of sp³-hybridized carbons (Fsp3) is 0.381. The molecule has 25 heavy (non-hydrogen) atoms. The summed E-state index contributed by atoms with van der Waals surface area (Å²) in [5.41, 5.74) is 2.49. The number of hydrogen-bond acceptors (Lipinski definition) is 2. The lowest BCUT2D eigenvalue weighted by Crippen LogP contribution is -2.90. The van der Waals surface area contributed by atoms with Crippen LogP contribution in [-0.2, 0) is 17.8 Å². The highest BCUT2D eigenvalue weighted by molar-refractivity contribution is 5.80. The maximum absolute atomic E-state index is 12.3. The molecule has 0 aliphatic heterocycles. The van der Waals surface area contributed by atoms with Crippen LogP contribution >= 0.6 is 0 Å². The summed E-state index contributed by atoms with van der Waals surface area (Å²) in [6.45, 7) is 4.79. The van der Waals surface area contributed by atoms with Gasteiger partial charge in [0.05, 0.1) is 7.11 Å². The summed E-state index contributed by atoms with van der Waals surface area (Å²) in [6.07, 6.45) is 1.92. The number of methoxy groups -OCH3 is 1. The Balaban J connectivity index is 1.71. The van der Waals surface area contributed by atoms with E-state index in [4.69, 9.17) is 4.74 Å². The van der Waals surface area contributed by atoms with Crippen molar-refractivity contribution < 1.29 is 14.8 Å². The van der Waals surface area contributed by atoms with Gasteiger partial charge in [-0.25, -0.2) is 0 Å². The van der Waals surface area contributed by atoms with Crippen molar-refractivity contribution in [2.24, 2.45) is 0 Å². The van der Waals surface area contributed by atoms with E-state index in [1.807, 2.05) is 37.3 Å². The number of amides is 1. The number of ether oxygens (including phenoxy) is 1. The van der Waals surface area contributed by atoms with Crippen LogP contribution in [0.3, 0.4) is 0 Å². The first-order chi connectivity index (χ1) is 12.1. The highest BCUT2D eigenvalue weighted by atomic mass is 16.5. The molecule has 0 fully saturated rings. The molecule has 2 aromatic carbocycles. The molecule has 0 heterocycles. The van der Waals surface area contributed by atoms with Gasteiger partial charge in [-0.1, -0.05) is 30.3 Å². The van der Waals surface area contributed by atoms with Gasteiger partial charge < -0.3 is 15.4 Å². The van der Waals surface area contributed by atoms with Crippen LogP contribution in [-0.4, -0.2) is 25.1 Å². The minimum atomic E-state index is -0.110. The molecule has 0 aliphatic carbocycles. The van der Waals surface area contributed by atoms with Gasteiger partial charge in [0.25, 0.3) is 5.91 Å². The van der Waals surface area contributed by atoms with Gasteiger partial charge >= 0.3 is 0 Å². The average Bonchev–Trinajstić information content (AvgIpc) is 2.65. The van der Waals surface area contributed by atoms with Gasteiger partial charge in [-0.2, -0.15) is 0 Å². The van der Waals surface area contributed by atoms with Gasteiger partial charge in [-0.15, -0.1) is 0 Å². The van der Waals surface area contributed by atoms with E-state index in [1.54, 1.807) is 7.11 Å².